The zero-order valence-corrected chi connectivity index (χ0v) is 16.2. The van der Waals surface area contributed by atoms with Crippen LogP contribution in [-0.4, -0.2) is 10.9 Å². The molecule has 0 aromatic heterocycles. The highest BCUT2D eigenvalue weighted by Gasteiger charge is 2.25. The molecular weight excluding hydrogens is 356 g/mol. The number of rotatable bonds is 5. The summed E-state index contributed by atoms with van der Waals surface area (Å²) in [7, 11) is 0. The Hall–Kier alpha value is -3.49. The van der Waals surface area contributed by atoms with Gasteiger partial charge >= 0.3 is 0 Å². The third-order valence-electron chi connectivity index (χ3n) is 5.25. The van der Waals surface area contributed by atoms with Gasteiger partial charge in [-0.2, -0.15) is 0 Å². The Bertz CT molecular complexity index is 1130. The summed E-state index contributed by atoms with van der Waals surface area (Å²) in [4.78, 5) is 12.8. The lowest BCUT2D eigenvalue weighted by Gasteiger charge is -2.25. The van der Waals surface area contributed by atoms with Gasteiger partial charge in [0.05, 0.1) is 0 Å². The molecule has 0 heterocycles. The molecule has 0 amide bonds. The molecule has 0 radical (unpaired) electrons. The van der Waals surface area contributed by atoms with Gasteiger partial charge in [-0.3, -0.25) is 4.79 Å². The van der Waals surface area contributed by atoms with E-state index < -0.39 is 5.60 Å². The second-order valence-corrected chi connectivity index (χ2v) is 7.29. The molecule has 0 saturated heterocycles. The summed E-state index contributed by atoms with van der Waals surface area (Å²) in [5.41, 5.74) is 3.76. The fourth-order valence-corrected chi connectivity index (χ4v) is 3.53. The van der Waals surface area contributed by atoms with Gasteiger partial charge in [-0.25, -0.2) is 0 Å². The summed E-state index contributed by atoms with van der Waals surface area (Å²) >= 11 is 0. The first-order valence-electron chi connectivity index (χ1n) is 9.64. The molecule has 0 aliphatic carbocycles. The van der Waals surface area contributed by atoms with E-state index in [0.29, 0.717) is 11.1 Å². The number of carbonyl (C=O) groups excluding carboxylic acids is 1. The summed E-state index contributed by atoms with van der Waals surface area (Å²) in [6, 6.07) is 34.4. The van der Waals surface area contributed by atoms with Crippen LogP contribution in [0.1, 0.15) is 34.0 Å². The predicted molar refractivity (Wildman–Crippen MR) is 117 cm³/mol. The summed E-state index contributed by atoms with van der Waals surface area (Å²) in [5, 5.41) is 11.2. The quantitative estimate of drug-likeness (QED) is 0.443. The van der Waals surface area contributed by atoms with E-state index in [4.69, 9.17) is 0 Å². The first-order valence-corrected chi connectivity index (χ1v) is 9.64. The smallest absolute Gasteiger partial charge is 0.193 e. The lowest BCUT2D eigenvalue weighted by atomic mass is 9.86. The third-order valence-corrected chi connectivity index (χ3v) is 5.25. The van der Waals surface area contributed by atoms with E-state index in [1.54, 1.807) is 6.92 Å². The predicted octanol–water partition coefficient (Wildman–Crippen LogP) is 5.84. The first-order chi connectivity index (χ1) is 14.1. The van der Waals surface area contributed by atoms with Gasteiger partial charge in [0, 0.05) is 11.1 Å². The highest BCUT2D eigenvalue weighted by Crippen LogP contribution is 2.32. The fraction of sp³-hybridized carbons (Fsp3) is 0.0741. The summed E-state index contributed by atoms with van der Waals surface area (Å²) < 4.78 is 0. The number of hydrogen-bond acceptors (Lipinski definition) is 2. The molecule has 29 heavy (non-hydrogen) atoms. The molecule has 0 fully saturated rings. The van der Waals surface area contributed by atoms with Crippen molar-refractivity contribution in [3.8, 4) is 11.1 Å². The Kier molecular flexibility index (Phi) is 5.11. The number of hydrogen-bond donors (Lipinski definition) is 1. The van der Waals surface area contributed by atoms with Crippen molar-refractivity contribution in [3.05, 3.63) is 131 Å². The van der Waals surface area contributed by atoms with E-state index in [-0.39, 0.29) is 5.78 Å². The largest absolute Gasteiger partial charge is 0.381 e. The third kappa shape index (κ3) is 3.89. The molecule has 4 aromatic rings. The van der Waals surface area contributed by atoms with E-state index in [0.717, 1.165) is 22.3 Å². The monoisotopic (exact) mass is 378 g/mol. The van der Waals surface area contributed by atoms with Crippen LogP contribution in [0.15, 0.2) is 109 Å². The van der Waals surface area contributed by atoms with Crippen molar-refractivity contribution in [2.24, 2.45) is 0 Å². The molecule has 0 bridgehead atoms. The van der Waals surface area contributed by atoms with E-state index in [2.05, 4.69) is 0 Å². The first kappa shape index (κ1) is 18.9. The average molecular weight is 378 g/mol. The molecule has 0 aliphatic heterocycles. The van der Waals surface area contributed by atoms with Crippen molar-refractivity contribution in [3.63, 3.8) is 0 Å². The number of carbonyl (C=O) groups is 1. The lowest BCUT2D eigenvalue weighted by Crippen LogP contribution is -2.22. The molecule has 0 spiro atoms. The maximum atomic E-state index is 12.8. The van der Waals surface area contributed by atoms with Crippen LogP contribution < -0.4 is 0 Å². The van der Waals surface area contributed by atoms with Gasteiger partial charge in [-0.15, -0.1) is 0 Å². The number of aliphatic hydroxyl groups is 1. The molecule has 2 nitrogen and oxygen atoms in total. The Balaban J connectivity index is 1.70. The van der Waals surface area contributed by atoms with Crippen molar-refractivity contribution in [1.29, 1.82) is 0 Å². The lowest BCUT2D eigenvalue weighted by molar-refractivity contribution is 0.102. The van der Waals surface area contributed by atoms with Crippen molar-refractivity contribution in [2.75, 3.05) is 0 Å². The number of benzene rings is 4. The van der Waals surface area contributed by atoms with Crippen molar-refractivity contribution in [1.82, 2.24) is 0 Å². The minimum atomic E-state index is -1.10. The standard InChI is InChI=1S/C27H22O2/c1-27(29,24-15-6-3-7-16-24)25-17-9-13-22(19-25)21-12-8-14-23(18-21)26(28)20-10-4-2-5-11-20/h2-19,29H,1H3. The average Bonchev–Trinajstić information content (AvgIpc) is 2.80. The zero-order valence-electron chi connectivity index (χ0n) is 16.2. The minimum absolute atomic E-state index is 0.000105. The molecule has 4 rings (SSSR count). The second kappa shape index (κ2) is 7.86. The molecule has 4 aromatic carbocycles. The highest BCUT2D eigenvalue weighted by molar-refractivity contribution is 6.09. The minimum Gasteiger partial charge on any atom is -0.381 e. The summed E-state index contributed by atoms with van der Waals surface area (Å²) in [6.07, 6.45) is 0. The fourth-order valence-electron chi connectivity index (χ4n) is 3.53. The van der Waals surface area contributed by atoms with Gasteiger partial charge in [0.2, 0.25) is 0 Å². The van der Waals surface area contributed by atoms with Crippen molar-refractivity contribution >= 4 is 5.78 Å². The van der Waals surface area contributed by atoms with Crippen LogP contribution in [0.3, 0.4) is 0 Å². The van der Waals surface area contributed by atoms with E-state index >= 15 is 0 Å². The van der Waals surface area contributed by atoms with E-state index in [1.807, 2.05) is 109 Å². The van der Waals surface area contributed by atoms with Gasteiger partial charge in [-0.05, 0) is 41.3 Å². The van der Waals surface area contributed by atoms with Gasteiger partial charge in [-0.1, -0.05) is 97.1 Å². The molecule has 1 N–H and O–H groups in total. The van der Waals surface area contributed by atoms with Crippen LogP contribution >= 0.6 is 0 Å². The van der Waals surface area contributed by atoms with Crippen LogP contribution in [-0.2, 0) is 5.60 Å². The Morgan fingerprint density at radius 1 is 0.621 bits per heavy atom. The van der Waals surface area contributed by atoms with Gasteiger partial charge in [0.1, 0.15) is 5.60 Å². The molecule has 142 valence electrons. The molecule has 0 saturated carbocycles. The van der Waals surface area contributed by atoms with Crippen LogP contribution in [0.2, 0.25) is 0 Å². The Morgan fingerprint density at radius 2 is 1.14 bits per heavy atom. The molecule has 2 heteroatoms. The highest BCUT2D eigenvalue weighted by atomic mass is 16.3. The Labute approximate surface area is 171 Å². The van der Waals surface area contributed by atoms with E-state index in [1.165, 1.54) is 0 Å². The van der Waals surface area contributed by atoms with Gasteiger partial charge in [0.15, 0.2) is 5.78 Å². The van der Waals surface area contributed by atoms with Crippen LogP contribution in [0.5, 0.6) is 0 Å². The zero-order chi connectivity index (χ0) is 20.3. The molecule has 1 unspecified atom stereocenters. The molecular formula is C27H22O2. The van der Waals surface area contributed by atoms with Gasteiger partial charge < -0.3 is 5.11 Å². The second-order valence-electron chi connectivity index (χ2n) is 7.29. The summed E-state index contributed by atoms with van der Waals surface area (Å²) in [5.74, 6) is -0.000105. The van der Waals surface area contributed by atoms with Gasteiger partial charge in [0.25, 0.3) is 0 Å². The van der Waals surface area contributed by atoms with Crippen molar-refractivity contribution < 1.29 is 9.90 Å². The molecule has 1 atom stereocenters. The van der Waals surface area contributed by atoms with E-state index in [9.17, 15) is 9.90 Å². The maximum Gasteiger partial charge on any atom is 0.193 e. The normalized spacial score (nSPS) is 12.9. The van der Waals surface area contributed by atoms with Crippen LogP contribution in [0.4, 0.5) is 0 Å². The maximum absolute atomic E-state index is 12.8. The molecule has 0 aliphatic rings. The topological polar surface area (TPSA) is 37.3 Å². The summed E-state index contributed by atoms with van der Waals surface area (Å²) in [6.45, 7) is 1.80. The number of ketones is 1. The van der Waals surface area contributed by atoms with Crippen LogP contribution in [0.25, 0.3) is 11.1 Å². The van der Waals surface area contributed by atoms with Crippen LogP contribution in [0, 0.1) is 0 Å². The SMILES string of the molecule is CC(O)(c1ccccc1)c1cccc(-c2cccc(C(=O)c3ccccc3)c2)c1. The Morgan fingerprint density at radius 3 is 1.83 bits per heavy atom. The van der Waals surface area contributed by atoms with Crippen molar-refractivity contribution in [2.45, 2.75) is 12.5 Å².